The number of hydrogen-bond acceptors (Lipinski definition) is 6. The minimum Gasteiger partial charge on any atom is -0.392 e. The van der Waals surface area contributed by atoms with E-state index < -0.39 is 6.29 Å². The Balaban J connectivity index is 1.19. The van der Waals surface area contributed by atoms with Crippen molar-refractivity contribution in [3.8, 4) is 11.1 Å². The van der Waals surface area contributed by atoms with Gasteiger partial charge in [-0.1, -0.05) is 91.3 Å². The van der Waals surface area contributed by atoms with Crippen LogP contribution in [0.15, 0.2) is 108 Å². The van der Waals surface area contributed by atoms with E-state index in [0.717, 1.165) is 64.8 Å². The first-order valence-corrected chi connectivity index (χ1v) is 17.3. The number of aliphatic hydroxyl groups excluding tert-OH is 1. The largest absolute Gasteiger partial charge is 0.392 e. The van der Waals surface area contributed by atoms with Crippen molar-refractivity contribution in [3.05, 3.63) is 125 Å². The van der Waals surface area contributed by atoms with Gasteiger partial charge in [-0.25, -0.2) is 0 Å². The van der Waals surface area contributed by atoms with Crippen molar-refractivity contribution >= 4 is 23.6 Å². The van der Waals surface area contributed by atoms with Crippen molar-refractivity contribution in [3.63, 3.8) is 0 Å². The molecule has 7 nitrogen and oxygen atoms in total. The number of hydrogen-bond donors (Lipinski definition) is 3. The first-order valence-electron chi connectivity index (χ1n) is 16.4. The van der Waals surface area contributed by atoms with Gasteiger partial charge in [0.15, 0.2) is 6.29 Å². The van der Waals surface area contributed by atoms with E-state index in [0.29, 0.717) is 19.5 Å². The highest BCUT2D eigenvalue weighted by Crippen LogP contribution is 2.40. The molecule has 3 N–H and O–H groups in total. The molecule has 1 saturated heterocycles. The van der Waals surface area contributed by atoms with Gasteiger partial charge in [-0.2, -0.15) is 0 Å². The van der Waals surface area contributed by atoms with Crippen molar-refractivity contribution in [1.82, 2.24) is 10.6 Å². The lowest BCUT2D eigenvalue weighted by Crippen LogP contribution is -2.31. The molecule has 1 aliphatic heterocycles. The molecule has 3 atom stereocenters. The predicted octanol–water partition coefficient (Wildman–Crippen LogP) is 7.50. The maximum atomic E-state index is 12.4. The zero-order valence-corrected chi connectivity index (χ0v) is 27.7. The number of rotatable bonds is 15. The number of carbonyl (C=O) groups is 2. The summed E-state index contributed by atoms with van der Waals surface area (Å²) in [6.45, 7) is 2.66. The van der Waals surface area contributed by atoms with Crippen LogP contribution in [0.5, 0.6) is 0 Å². The Morgan fingerprint density at radius 1 is 0.787 bits per heavy atom. The number of nitrogens with one attached hydrogen (secondary N) is 2. The number of aliphatic hydroxyl groups is 1. The van der Waals surface area contributed by atoms with Gasteiger partial charge < -0.3 is 25.2 Å². The van der Waals surface area contributed by atoms with Crippen LogP contribution in [-0.2, 0) is 32.2 Å². The van der Waals surface area contributed by atoms with Crippen LogP contribution in [0.2, 0.25) is 0 Å². The average molecular weight is 653 g/mol. The lowest BCUT2D eigenvalue weighted by atomic mass is 9.99. The Morgan fingerprint density at radius 2 is 1.55 bits per heavy atom. The molecule has 0 unspecified atom stereocenters. The molecule has 2 amide bonds. The molecule has 47 heavy (non-hydrogen) atoms. The molecule has 0 spiro atoms. The summed E-state index contributed by atoms with van der Waals surface area (Å²) in [5.74, 6) is 0.830. The third-order valence-electron chi connectivity index (χ3n) is 8.18. The fourth-order valence-electron chi connectivity index (χ4n) is 5.56. The van der Waals surface area contributed by atoms with Gasteiger partial charge in [0.05, 0.1) is 18.8 Å². The summed E-state index contributed by atoms with van der Waals surface area (Å²) in [5.41, 5.74) is 6.10. The van der Waals surface area contributed by atoms with E-state index in [2.05, 4.69) is 71.3 Å². The van der Waals surface area contributed by atoms with Gasteiger partial charge in [-0.15, -0.1) is 11.8 Å². The lowest BCUT2D eigenvalue weighted by Gasteiger charge is -2.36. The molecule has 0 bridgehead atoms. The molecule has 0 radical (unpaired) electrons. The zero-order valence-electron chi connectivity index (χ0n) is 26.9. The van der Waals surface area contributed by atoms with Gasteiger partial charge in [0, 0.05) is 49.1 Å². The minimum absolute atomic E-state index is 0.00298. The molecule has 0 aliphatic carbocycles. The third kappa shape index (κ3) is 10.8. The minimum atomic E-state index is -0.506. The van der Waals surface area contributed by atoms with Crippen molar-refractivity contribution in [2.45, 2.75) is 75.6 Å². The highest BCUT2D eigenvalue weighted by molar-refractivity contribution is 7.99. The van der Waals surface area contributed by atoms with Crippen molar-refractivity contribution in [2.24, 2.45) is 0 Å². The van der Waals surface area contributed by atoms with Gasteiger partial charge in [0.25, 0.3) is 0 Å². The van der Waals surface area contributed by atoms with Gasteiger partial charge >= 0.3 is 0 Å². The lowest BCUT2D eigenvalue weighted by molar-refractivity contribution is -0.245. The number of amides is 2. The van der Waals surface area contributed by atoms with E-state index in [1.165, 1.54) is 11.8 Å². The van der Waals surface area contributed by atoms with Gasteiger partial charge in [0.1, 0.15) is 0 Å². The summed E-state index contributed by atoms with van der Waals surface area (Å²) in [5, 5.41) is 15.3. The number of unbranched alkanes of at least 4 members (excludes halogenated alkanes) is 2. The highest BCUT2D eigenvalue weighted by atomic mass is 32.2. The predicted molar refractivity (Wildman–Crippen MR) is 186 cm³/mol. The molecule has 246 valence electrons. The van der Waals surface area contributed by atoms with E-state index in [1.54, 1.807) is 11.8 Å². The van der Waals surface area contributed by atoms with Crippen LogP contribution in [-0.4, -0.2) is 35.3 Å². The van der Waals surface area contributed by atoms with Crippen LogP contribution in [0, 0.1) is 0 Å². The van der Waals surface area contributed by atoms with Crippen LogP contribution in [0.25, 0.3) is 11.1 Å². The third-order valence-corrected chi connectivity index (χ3v) is 9.33. The second-order valence-electron chi connectivity index (χ2n) is 11.9. The van der Waals surface area contributed by atoms with Crippen LogP contribution < -0.4 is 10.6 Å². The van der Waals surface area contributed by atoms with E-state index in [-0.39, 0.29) is 30.6 Å². The molecular weight excluding hydrogens is 609 g/mol. The van der Waals surface area contributed by atoms with Crippen molar-refractivity contribution in [2.75, 3.05) is 12.3 Å². The standard InChI is InChI=1S/C39H44N2O5S/c1-28(43)40-22-7-3-6-13-38(44)41-25-30-9-8-10-34(23-30)31-18-20-33(21-19-31)39-45-35(27-47-36-11-4-2-5-12-36)24-37(46-39)32-16-14-29(26-42)15-17-32/h2,4-5,8-12,14-21,23,35,37,39,42H,3,6-7,13,22,24-27H2,1H3,(H,40,43)(H,41,44)/t35-,37+,39+/m1/s1. The Bertz CT molecular complexity index is 1560. The molecular formula is C39H44N2O5S. The molecule has 5 rings (SSSR count). The summed E-state index contributed by atoms with van der Waals surface area (Å²) in [7, 11) is 0. The van der Waals surface area contributed by atoms with Gasteiger partial charge in [-0.3, -0.25) is 9.59 Å². The fraction of sp³-hybridized carbons (Fsp3) is 0.333. The summed E-state index contributed by atoms with van der Waals surface area (Å²) < 4.78 is 13.1. The normalized spacial score (nSPS) is 17.6. The number of benzene rings is 4. The highest BCUT2D eigenvalue weighted by Gasteiger charge is 2.32. The van der Waals surface area contributed by atoms with E-state index in [9.17, 15) is 14.7 Å². The maximum absolute atomic E-state index is 12.4. The zero-order chi connectivity index (χ0) is 32.8. The Labute approximate surface area is 282 Å². The van der Waals surface area contributed by atoms with E-state index in [4.69, 9.17) is 9.47 Å². The van der Waals surface area contributed by atoms with Crippen molar-refractivity contribution < 1.29 is 24.2 Å². The summed E-state index contributed by atoms with van der Waals surface area (Å²) >= 11 is 1.79. The molecule has 1 fully saturated rings. The molecule has 4 aromatic rings. The average Bonchev–Trinajstić information content (AvgIpc) is 3.11. The number of ether oxygens (including phenoxy) is 2. The Morgan fingerprint density at radius 3 is 2.30 bits per heavy atom. The quantitative estimate of drug-likeness (QED) is 0.0910. The topological polar surface area (TPSA) is 96.9 Å². The molecule has 0 saturated carbocycles. The monoisotopic (exact) mass is 652 g/mol. The molecule has 4 aromatic carbocycles. The molecule has 1 heterocycles. The second-order valence-corrected chi connectivity index (χ2v) is 13.0. The Hall–Kier alpha value is -3.95. The smallest absolute Gasteiger partial charge is 0.220 e. The first-order chi connectivity index (χ1) is 23.0. The van der Waals surface area contributed by atoms with Crippen LogP contribution in [0.4, 0.5) is 0 Å². The van der Waals surface area contributed by atoms with Crippen LogP contribution in [0.3, 0.4) is 0 Å². The van der Waals surface area contributed by atoms with Crippen molar-refractivity contribution in [1.29, 1.82) is 0 Å². The summed E-state index contributed by atoms with van der Waals surface area (Å²) in [4.78, 5) is 24.5. The summed E-state index contributed by atoms with van der Waals surface area (Å²) in [6.07, 6.45) is 3.17. The maximum Gasteiger partial charge on any atom is 0.220 e. The molecule has 0 aromatic heterocycles. The number of thioether (sulfide) groups is 1. The molecule has 1 aliphatic rings. The molecule has 8 heteroatoms. The fourth-order valence-corrected chi connectivity index (χ4v) is 6.51. The van der Waals surface area contributed by atoms with E-state index >= 15 is 0 Å². The SMILES string of the molecule is CC(=O)NCCCCCC(=O)NCc1cccc(-c2ccc([C@H]3O[C@@H](CSc4ccccc4)C[C@@H](c4ccc(CO)cc4)O3)cc2)c1. The van der Waals surface area contributed by atoms with Crippen LogP contribution >= 0.6 is 11.8 Å². The first kappa shape index (κ1) is 34.4. The summed E-state index contributed by atoms with van der Waals surface area (Å²) in [6, 6.07) is 34.9. The van der Waals surface area contributed by atoms with Gasteiger partial charge in [0.2, 0.25) is 11.8 Å². The van der Waals surface area contributed by atoms with E-state index in [1.807, 2.05) is 42.5 Å². The van der Waals surface area contributed by atoms with Gasteiger partial charge in [-0.05, 0) is 58.9 Å². The second kappa shape index (κ2) is 17.8. The Kier molecular flexibility index (Phi) is 13.0. The van der Waals surface area contributed by atoms with Crippen LogP contribution in [0.1, 0.15) is 73.7 Å². The number of carbonyl (C=O) groups excluding carboxylic acids is 2.